The molecule has 0 radical (unpaired) electrons. The summed E-state index contributed by atoms with van der Waals surface area (Å²) in [7, 11) is 0. The lowest BCUT2D eigenvalue weighted by Crippen LogP contribution is -2.53. The Morgan fingerprint density at radius 3 is 2.48 bits per heavy atom. The van der Waals surface area contributed by atoms with Crippen molar-refractivity contribution in [1.29, 1.82) is 0 Å². The van der Waals surface area contributed by atoms with Crippen molar-refractivity contribution in [2.24, 2.45) is 11.7 Å². The fraction of sp³-hybridized carbons (Fsp3) is 0.500. The summed E-state index contributed by atoms with van der Waals surface area (Å²) in [5.74, 6) is -0.974. The van der Waals surface area contributed by atoms with Crippen LogP contribution in [0.25, 0.3) is 0 Å². The van der Waals surface area contributed by atoms with Gasteiger partial charge in [0.05, 0.1) is 10.6 Å². The predicted octanol–water partition coefficient (Wildman–Crippen LogP) is 2.39. The zero-order valence-corrected chi connectivity index (χ0v) is 14.0. The molecule has 0 aromatic heterocycles. The molecule has 3 N–H and O–H groups in total. The first-order valence-corrected chi connectivity index (χ1v) is 7.90. The summed E-state index contributed by atoms with van der Waals surface area (Å²) in [6.07, 6.45) is 1.14. The molecule has 1 aliphatic heterocycles. The van der Waals surface area contributed by atoms with Gasteiger partial charge in [0.15, 0.2) is 0 Å². The topological polar surface area (TPSA) is 75.4 Å². The smallest absolute Gasteiger partial charge is 0.242 e. The number of anilines is 1. The van der Waals surface area contributed by atoms with Crippen LogP contribution in [0.1, 0.15) is 26.7 Å². The first-order chi connectivity index (χ1) is 10.7. The number of carbonyl (C=O) groups is 2. The highest BCUT2D eigenvalue weighted by Gasteiger charge is 2.32. The van der Waals surface area contributed by atoms with Crippen LogP contribution in [-0.4, -0.2) is 35.3 Å². The van der Waals surface area contributed by atoms with Crippen LogP contribution < -0.4 is 11.1 Å². The van der Waals surface area contributed by atoms with E-state index in [-0.39, 0.29) is 22.8 Å². The van der Waals surface area contributed by atoms with Gasteiger partial charge in [-0.25, -0.2) is 4.39 Å². The van der Waals surface area contributed by atoms with Gasteiger partial charge in [-0.05, 0) is 44.9 Å². The maximum absolute atomic E-state index is 13.1. The number of rotatable bonds is 3. The van der Waals surface area contributed by atoms with Gasteiger partial charge in [0.1, 0.15) is 5.82 Å². The minimum absolute atomic E-state index is 0.0339. The number of benzene rings is 1. The SMILES string of the molecule is CC(C)(N)C(=O)N1CCC(C(=O)Nc2ccc(F)c(Cl)c2)CC1. The van der Waals surface area contributed by atoms with Gasteiger partial charge in [-0.15, -0.1) is 0 Å². The van der Waals surface area contributed by atoms with E-state index in [9.17, 15) is 14.0 Å². The fourth-order valence-electron chi connectivity index (χ4n) is 2.57. The van der Waals surface area contributed by atoms with Crippen LogP contribution in [0.15, 0.2) is 18.2 Å². The van der Waals surface area contributed by atoms with Gasteiger partial charge in [0.25, 0.3) is 0 Å². The van der Waals surface area contributed by atoms with E-state index in [0.717, 1.165) is 0 Å². The highest BCUT2D eigenvalue weighted by Crippen LogP contribution is 2.23. The molecule has 0 atom stereocenters. The Bertz CT molecular complexity index is 608. The third-order valence-corrected chi connectivity index (χ3v) is 4.18. The average Bonchev–Trinajstić information content (AvgIpc) is 2.49. The Labute approximate surface area is 140 Å². The molecule has 1 aromatic rings. The lowest BCUT2D eigenvalue weighted by atomic mass is 9.94. The molecule has 2 rings (SSSR count). The summed E-state index contributed by atoms with van der Waals surface area (Å²) >= 11 is 5.70. The molecule has 2 amide bonds. The first kappa shape index (κ1) is 17.7. The van der Waals surface area contributed by atoms with Gasteiger partial charge >= 0.3 is 0 Å². The molecular weight excluding hydrogens is 321 g/mol. The summed E-state index contributed by atoms with van der Waals surface area (Å²) in [5.41, 5.74) is 5.38. The molecule has 1 aromatic carbocycles. The molecular formula is C16H21ClFN3O2. The van der Waals surface area contributed by atoms with E-state index >= 15 is 0 Å². The lowest BCUT2D eigenvalue weighted by Gasteiger charge is -2.35. The van der Waals surface area contributed by atoms with Crippen molar-refractivity contribution < 1.29 is 14.0 Å². The standard InChI is InChI=1S/C16H21ClFN3O2/c1-16(2,19)15(23)21-7-5-10(6-8-21)14(22)20-11-3-4-13(18)12(17)9-11/h3-4,9-10H,5-8,19H2,1-2H3,(H,20,22). The number of nitrogens with two attached hydrogens (primary N) is 1. The van der Waals surface area contributed by atoms with Crippen molar-refractivity contribution in [3.05, 3.63) is 29.0 Å². The summed E-state index contributed by atoms with van der Waals surface area (Å²) in [5, 5.41) is 2.70. The van der Waals surface area contributed by atoms with E-state index in [2.05, 4.69) is 5.32 Å². The number of piperidine rings is 1. The van der Waals surface area contributed by atoms with Crippen LogP contribution >= 0.6 is 11.6 Å². The zero-order valence-electron chi connectivity index (χ0n) is 13.2. The van der Waals surface area contributed by atoms with E-state index in [0.29, 0.717) is 31.6 Å². The highest BCUT2D eigenvalue weighted by atomic mass is 35.5. The highest BCUT2D eigenvalue weighted by molar-refractivity contribution is 6.31. The molecule has 0 aliphatic carbocycles. The van der Waals surface area contributed by atoms with Crippen LogP contribution in [-0.2, 0) is 9.59 Å². The summed E-state index contributed by atoms with van der Waals surface area (Å²) < 4.78 is 13.1. The second kappa shape index (κ2) is 6.84. The Hall–Kier alpha value is -1.66. The molecule has 5 nitrogen and oxygen atoms in total. The van der Waals surface area contributed by atoms with E-state index in [1.807, 2.05) is 0 Å². The van der Waals surface area contributed by atoms with Gasteiger partial charge in [-0.2, -0.15) is 0 Å². The third-order valence-electron chi connectivity index (χ3n) is 3.89. The molecule has 1 aliphatic rings. The molecule has 0 spiro atoms. The maximum atomic E-state index is 13.1. The van der Waals surface area contributed by atoms with Crippen molar-refractivity contribution in [3.63, 3.8) is 0 Å². The number of nitrogens with zero attached hydrogens (tertiary/aromatic N) is 1. The quantitative estimate of drug-likeness (QED) is 0.886. The minimum atomic E-state index is -0.903. The normalized spacial score (nSPS) is 16.3. The second-order valence-electron chi connectivity index (χ2n) is 6.41. The van der Waals surface area contributed by atoms with Crippen LogP contribution in [0, 0.1) is 11.7 Å². The Morgan fingerprint density at radius 1 is 1.35 bits per heavy atom. The number of amides is 2. The minimum Gasteiger partial charge on any atom is -0.341 e. The average molecular weight is 342 g/mol. The molecule has 0 unspecified atom stereocenters. The van der Waals surface area contributed by atoms with Crippen LogP contribution in [0.5, 0.6) is 0 Å². The van der Waals surface area contributed by atoms with Crippen LogP contribution in [0.3, 0.4) is 0 Å². The summed E-state index contributed by atoms with van der Waals surface area (Å²) in [4.78, 5) is 26.1. The monoisotopic (exact) mass is 341 g/mol. The lowest BCUT2D eigenvalue weighted by molar-refractivity contribution is -0.138. The van der Waals surface area contributed by atoms with Crippen molar-refractivity contribution >= 4 is 29.1 Å². The van der Waals surface area contributed by atoms with Gasteiger partial charge in [-0.1, -0.05) is 11.6 Å². The van der Waals surface area contributed by atoms with E-state index in [4.69, 9.17) is 17.3 Å². The van der Waals surface area contributed by atoms with Crippen molar-refractivity contribution in [3.8, 4) is 0 Å². The van der Waals surface area contributed by atoms with Crippen molar-refractivity contribution in [2.75, 3.05) is 18.4 Å². The Morgan fingerprint density at radius 2 is 1.96 bits per heavy atom. The first-order valence-electron chi connectivity index (χ1n) is 7.52. The fourth-order valence-corrected chi connectivity index (χ4v) is 2.75. The van der Waals surface area contributed by atoms with Crippen LogP contribution in [0.4, 0.5) is 10.1 Å². The van der Waals surface area contributed by atoms with E-state index in [1.165, 1.54) is 18.2 Å². The van der Waals surface area contributed by atoms with Gasteiger partial charge in [-0.3, -0.25) is 9.59 Å². The number of likely N-dealkylation sites (tertiary alicyclic amines) is 1. The molecule has 1 heterocycles. The second-order valence-corrected chi connectivity index (χ2v) is 6.81. The molecule has 126 valence electrons. The van der Waals surface area contributed by atoms with Crippen molar-refractivity contribution in [1.82, 2.24) is 4.90 Å². The zero-order chi connectivity index (χ0) is 17.2. The third kappa shape index (κ3) is 4.42. The maximum Gasteiger partial charge on any atom is 0.242 e. The van der Waals surface area contributed by atoms with E-state index < -0.39 is 11.4 Å². The largest absolute Gasteiger partial charge is 0.341 e. The molecule has 23 heavy (non-hydrogen) atoms. The predicted molar refractivity (Wildman–Crippen MR) is 87.6 cm³/mol. The van der Waals surface area contributed by atoms with Crippen LogP contribution in [0.2, 0.25) is 5.02 Å². The van der Waals surface area contributed by atoms with Gasteiger partial charge in [0, 0.05) is 24.7 Å². The Balaban J connectivity index is 1.91. The van der Waals surface area contributed by atoms with Crippen molar-refractivity contribution in [2.45, 2.75) is 32.2 Å². The summed E-state index contributed by atoms with van der Waals surface area (Å²) in [6.45, 7) is 4.35. The molecule has 0 saturated carbocycles. The molecule has 1 fully saturated rings. The number of carbonyl (C=O) groups excluding carboxylic acids is 2. The molecule has 0 bridgehead atoms. The number of hydrogen-bond acceptors (Lipinski definition) is 3. The number of halogens is 2. The Kier molecular flexibility index (Phi) is 5.26. The van der Waals surface area contributed by atoms with E-state index in [1.54, 1.807) is 18.7 Å². The number of nitrogens with one attached hydrogen (secondary N) is 1. The number of hydrogen-bond donors (Lipinski definition) is 2. The van der Waals surface area contributed by atoms with Gasteiger partial charge < -0.3 is 16.0 Å². The molecule has 1 saturated heterocycles. The van der Waals surface area contributed by atoms with Gasteiger partial charge in [0.2, 0.25) is 11.8 Å². The summed E-state index contributed by atoms with van der Waals surface area (Å²) in [6, 6.07) is 4.06. The molecule has 7 heteroatoms.